The number of rotatable bonds is 1. The Balaban J connectivity index is 0.00000253. The molecule has 0 aliphatic carbocycles. The second-order valence-electron chi connectivity index (χ2n) is 7.86. The summed E-state index contributed by atoms with van der Waals surface area (Å²) >= 11 is 15.3. The largest absolute Gasteiger partial charge is 0.355 e. The maximum absolute atomic E-state index is 4.89. The fraction of sp³-hybridized carbons (Fsp3) is 0. The molecule has 2 aliphatic heterocycles. The topological polar surface area (TPSA) is 46.5 Å². The second kappa shape index (κ2) is 9.96. The molecule has 0 unspecified atom stereocenters. The van der Waals surface area contributed by atoms with Crippen LogP contribution in [0.2, 0.25) is 0 Å². The van der Waals surface area contributed by atoms with Crippen LogP contribution < -0.4 is 0 Å². The van der Waals surface area contributed by atoms with Gasteiger partial charge in [0, 0.05) is 38.1 Å². The number of nitrogens with zero attached hydrogens (tertiary/aromatic N) is 3. The number of hydrogen-bond donors (Lipinski definition) is 1. The SMILES string of the molecule is BrC1=Cc2cc3ccc(cc4nc(cc5c(-c6ccccc6)c(Br)c(c(Br)c1n2)n5Br)C=C4)[nH]3.[Fe]. The van der Waals surface area contributed by atoms with Gasteiger partial charge in [0.05, 0.1) is 58.9 Å². The van der Waals surface area contributed by atoms with Crippen molar-refractivity contribution in [1.29, 1.82) is 0 Å². The fourth-order valence-electron chi connectivity index (χ4n) is 4.09. The molecule has 0 spiro atoms. The minimum absolute atomic E-state index is 0. The van der Waals surface area contributed by atoms with Gasteiger partial charge in [0.15, 0.2) is 0 Å². The standard InChI is InChI=1S/C26H14Br4N4.Fe/c27-20-12-19-11-17-7-6-15(31-17)10-16-8-9-18(32-16)13-21-22(14-4-2-1-3-5-14)23(28)26(34(21)30)24(29)25(20)33-19;/h1-13,31H;. The maximum atomic E-state index is 4.89. The summed E-state index contributed by atoms with van der Waals surface area (Å²) in [6, 6.07) is 20.6. The van der Waals surface area contributed by atoms with Gasteiger partial charge in [-0.15, -0.1) is 0 Å². The van der Waals surface area contributed by atoms with Crippen molar-refractivity contribution in [2.24, 2.45) is 0 Å². The van der Waals surface area contributed by atoms with Gasteiger partial charge >= 0.3 is 0 Å². The minimum atomic E-state index is 0. The van der Waals surface area contributed by atoms with E-state index < -0.39 is 0 Å². The molecule has 4 aromatic rings. The van der Waals surface area contributed by atoms with Gasteiger partial charge in [-0.3, -0.25) is 3.59 Å². The molecule has 2 aliphatic rings. The van der Waals surface area contributed by atoms with Crippen LogP contribution in [0.3, 0.4) is 0 Å². The number of benzene rings is 1. The molecular weight excluding hydrogens is 744 g/mol. The first-order valence-corrected chi connectivity index (χ1v) is 13.5. The van der Waals surface area contributed by atoms with Crippen LogP contribution >= 0.6 is 63.9 Å². The number of aromatic amines is 1. The van der Waals surface area contributed by atoms with Crippen molar-refractivity contribution < 1.29 is 17.1 Å². The van der Waals surface area contributed by atoms with E-state index in [0.717, 1.165) is 69.4 Å². The Morgan fingerprint density at radius 3 is 2.11 bits per heavy atom. The Kier molecular flexibility index (Phi) is 7.09. The summed E-state index contributed by atoms with van der Waals surface area (Å²) in [6.45, 7) is 0. The summed E-state index contributed by atoms with van der Waals surface area (Å²) in [5.41, 5.74) is 9.44. The van der Waals surface area contributed by atoms with Crippen LogP contribution in [0.4, 0.5) is 0 Å². The van der Waals surface area contributed by atoms with Crippen molar-refractivity contribution in [3.63, 3.8) is 0 Å². The molecule has 174 valence electrons. The molecular formula is C26H14Br4FeN4. The van der Waals surface area contributed by atoms with Gasteiger partial charge in [0.25, 0.3) is 0 Å². The zero-order valence-corrected chi connectivity index (χ0v) is 25.2. The van der Waals surface area contributed by atoms with E-state index in [1.807, 2.05) is 64.3 Å². The number of halogens is 4. The van der Waals surface area contributed by atoms with Crippen LogP contribution in [0.1, 0.15) is 22.8 Å². The Labute approximate surface area is 245 Å². The summed E-state index contributed by atoms with van der Waals surface area (Å²) in [4.78, 5) is 13.1. The van der Waals surface area contributed by atoms with E-state index in [0.29, 0.717) is 0 Å². The fourth-order valence-corrected chi connectivity index (χ4v) is 7.74. The summed E-state index contributed by atoms with van der Waals surface area (Å²) in [7, 11) is 0. The molecule has 0 amide bonds. The normalized spacial score (nSPS) is 12.4. The molecule has 0 atom stereocenters. The van der Waals surface area contributed by atoms with E-state index in [-0.39, 0.29) is 17.1 Å². The number of fused-ring (bicyclic) bond motifs is 8. The molecule has 1 aromatic carbocycles. The van der Waals surface area contributed by atoms with Crippen molar-refractivity contribution in [3.05, 3.63) is 92.4 Å². The van der Waals surface area contributed by atoms with E-state index in [9.17, 15) is 0 Å². The number of nitrogens with one attached hydrogen (secondary N) is 1. The predicted octanol–water partition coefficient (Wildman–Crippen LogP) is 9.20. The van der Waals surface area contributed by atoms with E-state index in [2.05, 4.69) is 87.1 Å². The number of hydrogen-bond acceptors (Lipinski definition) is 2. The average molecular weight is 758 g/mol. The first-order valence-electron chi connectivity index (χ1n) is 10.4. The van der Waals surface area contributed by atoms with E-state index >= 15 is 0 Å². The van der Waals surface area contributed by atoms with Crippen LogP contribution in [-0.2, 0) is 17.1 Å². The Bertz CT molecular complexity index is 1700. The molecule has 0 radical (unpaired) electrons. The quantitative estimate of drug-likeness (QED) is 0.174. The van der Waals surface area contributed by atoms with Crippen LogP contribution in [0, 0.1) is 0 Å². The average Bonchev–Trinajstić information content (AvgIpc) is 3.58. The van der Waals surface area contributed by atoms with Gasteiger partial charge in [-0.25, -0.2) is 9.97 Å². The molecule has 0 saturated heterocycles. The van der Waals surface area contributed by atoms with Crippen LogP contribution in [0.15, 0.2) is 69.6 Å². The zero-order chi connectivity index (χ0) is 23.4. The molecule has 8 bridgehead atoms. The van der Waals surface area contributed by atoms with Crippen molar-refractivity contribution in [2.45, 2.75) is 0 Å². The van der Waals surface area contributed by atoms with Gasteiger partial charge in [-0.1, -0.05) is 30.3 Å². The molecule has 5 heterocycles. The monoisotopic (exact) mass is 754 g/mol. The Morgan fingerprint density at radius 2 is 1.40 bits per heavy atom. The Morgan fingerprint density at radius 1 is 0.743 bits per heavy atom. The smallest absolute Gasteiger partial charge is 0.0943 e. The van der Waals surface area contributed by atoms with E-state index in [1.54, 1.807) is 0 Å². The van der Waals surface area contributed by atoms with Crippen molar-refractivity contribution in [1.82, 2.24) is 18.5 Å². The van der Waals surface area contributed by atoms with E-state index in [4.69, 9.17) is 9.97 Å². The number of H-pyrrole nitrogens is 1. The zero-order valence-electron chi connectivity index (χ0n) is 17.7. The van der Waals surface area contributed by atoms with Crippen LogP contribution in [0.5, 0.6) is 0 Å². The van der Waals surface area contributed by atoms with Gasteiger partial charge in [0.1, 0.15) is 0 Å². The number of aromatic nitrogens is 4. The predicted molar refractivity (Wildman–Crippen MR) is 156 cm³/mol. The summed E-state index contributed by atoms with van der Waals surface area (Å²) < 4.78 is 4.70. The van der Waals surface area contributed by atoms with Gasteiger partial charge in [0.2, 0.25) is 0 Å². The van der Waals surface area contributed by atoms with Crippen LogP contribution in [-0.4, -0.2) is 18.5 Å². The summed E-state index contributed by atoms with van der Waals surface area (Å²) in [5.74, 6) is 0. The van der Waals surface area contributed by atoms with Crippen molar-refractivity contribution in [2.75, 3.05) is 0 Å². The van der Waals surface area contributed by atoms with Crippen molar-refractivity contribution in [3.8, 4) is 11.1 Å². The Hall–Kier alpha value is -1.74. The first-order chi connectivity index (χ1) is 16.5. The molecule has 6 rings (SSSR count). The third kappa shape index (κ3) is 4.59. The summed E-state index contributed by atoms with van der Waals surface area (Å²) in [5, 5.41) is 0. The van der Waals surface area contributed by atoms with Gasteiger partial charge < -0.3 is 4.98 Å². The molecule has 9 heteroatoms. The molecule has 0 fully saturated rings. The third-order valence-corrected chi connectivity index (χ3v) is 8.48. The van der Waals surface area contributed by atoms with E-state index in [1.165, 1.54) is 0 Å². The minimum Gasteiger partial charge on any atom is -0.355 e. The molecule has 3 aromatic heterocycles. The molecule has 1 N–H and O–H groups in total. The van der Waals surface area contributed by atoms with Gasteiger partial charge in [-0.2, -0.15) is 0 Å². The second-order valence-corrected chi connectivity index (χ2v) is 11.0. The maximum Gasteiger partial charge on any atom is 0.0943 e. The summed E-state index contributed by atoms with van der Waals surface area (Å²) in [6.07, 6.45) is 6.07. The molecule has 4 nitrogen and oxygen atoms in total. The molecule has 35 heavy (non-hydrogen) atoms. The first kappa shape index (κ1) is 24.9. The van der Waals surface area contributed by atoms with Crippen LogP contribution in [0.25, 0.3) is 55.9 Å². The third-order valence-electron chi connectivity index (χ3n) is 5.62. The molecule has 0 saturated carbocycles. The van der Waals surface area contributed by atoms with Gasteiger partial charge in [-0.05, 0) is 102 Å². The van der Waals surface area contributed by atoms with Crippen molar-refractivity contribution >= 4 is 109 Å².